The van der Waals surface area contributed by atoms with Gasteiger partial charge in [-0.2, -0.15) is 0 Å². The predicted molar refractivity (Wildman–Crippen MR) is 59.3 cm³/mol. The van der Waals surface area contributed by atoms with E-state index in [-0.39, 0.29) is 5.82 Å². The van der Waals surface area contributed by atoms with Crippen molar-refractivity contribution in [1.82, 2.24) is 4.98 Å². The van der Waals surface area contributed by atoms with E-state index in [9.17, 15) is 4.39 Å². The van der Waals surface area contributed by atoms with Gasteiger partial charge in [0.2, 0.25) is 0 Å². The highest BCUT2D eigenvalue weighted by atomic mass is 19.1. The third-order valence-electron chi connectivity index (χ3n) is 2.25. The van der Waals surface area contributed by atoms with Gasteiger partial charge in [0.25, 0.3) is 0 Å². The maximum Gasteiger partial charge on any atom is 0.146 e. The molecule has 0 unspecified atom stereocenters. The Balaban J connectivity index is 2.07. The zero-order valence-corrected chi connectivity index (χ0v) is 8.55. The van der Waals surface area contributed by atoms with Gasteiger partial charge in [-0.3, -0.25) is 0 Å². The van der Waals surface area contributed by atoms with Crippen molar-refractivity contribution < 1.29 is 4.39 Å². The quantitative estimate of drug-likeness (QED) is 0.790. The van der Waals surface area contributed by atoms with Crippen molar-refractivity contribution >= 4 is 5.69 Å². The van der Waals surface area contributed by atoms with Gasteiger partial charge >= 0.3 is 0 Å². The fraction of sp³-hybridized carbons (Fsp3) is 0.167. The number of H-pyrrole nitrogens is 1. The van der Waals surface area contributed by atoms with Gasteiger partial charge in [0, 0.05) is 11.9 Å². The molecule has 1 heterocycles. The summed E-state index contributed by atoms with van der Waals surface area (Å²) in [5, 5.41) is 3.05. The van der Waals surface area contributed by atoms with E-state index in [1.807, 2.05) is 25.3 Å². The minimum Gasteiger partial charge on any atom is -0.377 e. The Morgan fingerprint density at radius 1 is 1.33 bits per heavy atom. The number of hydrogen-bond donors (Lipinski definition) is 2. The fourth-order valence-corrected chi connectivity index (χ4v) is 1.44. The first-order valence-corrected chi connectivity index (χ1v) is 4.88. The van der Waals surface area contributed by atoms with Gasteiger partial charge in [0.05, 0.1) is 12.2 Å². The SMILES string of the molecule is Cc1ccc(F)c(NCc2ccc[nH]2)c1. The van der Waals surface area contributed by atoms with E-state index in [1.165, 1.54) is 6.07 Å². The van der Waals surface area contributed by atoms with Gasteiger partial charge in [0.15, 0.2) is 0 Å². The van der Waals surface area contributed by atoms with Gasteiger partial charge in [-0.05, 0) is 36.8 Å². The van der Waals surface area contributed by atoms with Crippen LogP contribution in [0.2, 0.25) is 0 Å². The molecular weight excluding hydrogens is 191 g/mol. The van der Waals surface area contributed by atoms with Crippen LogP contribution in [-0.2, 0) is 6.54 Å². The number of hydrogen-bond acceptors (Lipinski definition) is 1. The van der Waals surface area contributed by atoms with Crippen LogP contribution >= 0.6 is 0 Å². The Labute approximate surface area is 88.1 Å². The second-order valence-corrected chi connectivity index (χ2v) is 3.53. The summed E-state index contributed by atoms with van der Waals surface area (Å²) < 4.78 is 13.3. The van der Waals surface area contributed by atoms with Crippen LogP contribution in [0.25, 0.3) is 0 Å². The van der Waals surface area contributed by atoms with E-state index in [1.54, 1.807) is 12.1 Å². The molecule has 15 heavy (non-hydrogen) atoms. The molecule has 0 aliphatic carbocycles. The number of nitrogens with one attached hydrogen (secondary N) is 2. The van der Waals surface area contributed by atoms with Gasteiger partial charge < -0.3 is 10.3 Å². The third kappa shape index (κ3) is 2.37. The second-order valence-electron chi connectivity index (χ2n) is 3.53. The lowest BCUT2D eigenvalue weighted by Crippen LogP contribution is -2.01. The molecule has 0 saturated carbocycles. The number of benzene rings is 1. The summed E-state index contributed by atoms with van der Waals surface area (Å²) in [6.45, 7) is 2.55. The average molecular weight is 204 g/mol. The largest absolute Gasteiger partial charge is 0.377 e. The van der Waals surface area contributed by atoms with Crippen molar-refractivity contribution in [1.29, 1.82) is 0 Å². The molecule has 0 radical (unpaired) electrons. The average Bonchev–Trinajstić information content (AvgIpc) is 2.72. The predicted octanol–water partition coefficient (Wildman–Crippen LogP) is 3.07. The van der Waals surface area contributed by atoms with Gasteiger partial charge in [0.1, 0.15) is 5.82 Å². The molecule has 78 valence electrons. The summed E-state index contributed by atoms with van der Waals surface area (Å²) in [6, 6.07) is 8.92. The van der Waals surface area contributed by atoms with Crippen LogP contribution in [0, 0.1) is 12.7 Å². The minimum atomic E-state index is -0.216. The summed E-state index contributed by atoms with van der Waals surface area (Å²) >= 11 is 0. The molecule has 2 nitrogen and oxygen atoms in total. The van der Waals surface area contributed by atoms with Crippen LogP contribution in [0.1, 0.15) is 11.3 Å². The fourth-order valence-electron chi connectivity index (χ4n) is 1.44. The Bertz CT molecular complexity index is 435. The highest BCUT2D eigenvalue weighted by Crippen LogP contribution is 2.16. The number of aromatic amines is 1. The van der Waals surface area contributed by atoms with E-state index in [4.69, 9.17) is 0 Å². The molecule has 1 aromatic heterocycles. The Hall–Kier alpha value is -1.77. The first kappa shape index (κ1) is 9.77. The van der Waals surface area contributed by atoms with Crippen molar-refractivity contribution in [2.45, 2.75) is 13.5 Å². The van der Waals surface area contributed by atoms with Crippen LogP contribution in [0.3, 0.4) is 0 Å². The van der Waals surface area contributed by atoms with E-state index in [0.717, 1.165) is 11.3 Å². The molecule has 0 atom stereocenters. The molecule has 0 spiro atoms. The lowest BCUT2D eigenvalue weighted by atomic mass is 10.2. The Morgan fingerprint density at radius 3 is 2.93 bits per heavy atom. The summed E-state index contributed by atoms with van der Waals surface area (Å²) in [4.78, 5) is 3.06. The topological polar surface area (TPSA) is 27.8 Å². The van der Waals surface area contributed by atoms with Gasteiger partial charge in [-0.15, -0.1) is 0 Å². The standard InChI is InChI=1S/C12H13FN2/c1-9-4-5-11(13)12(7-9)15-8-10-3-2-6-14-10/h2-7,14-15H,8H2,1H3. The van der Waals surface area contributed by atoms with Crippen molar-refractivity contribution in [3.63, 3.8) is 0 Å². The van der Waals surface area contributed by atoms with E-state index < -0.39 is 0 Å². The highest BCUT2D eigenvalue weighted by molar-refractivity contribution is 5.47. The van der Waals surface area contributed by atoms with Crippen LogP contribution in [0.5, 0.6) is 0 Å². The van der Waals surface area contributed by atoms with Gasteiger partial charge in [-0.1, -0.05) is 6.07 Å². The molecule has 1 aromatic carbocycles. The number of aryl methyl sites for hydroxylation is 1. The van der Waals surface area contributed by atoms with Crippen molar-refractivity contribution in [3.8, 4) is 0 Å². The molecule has 0 aliphatic heterocycles. The van der Waals surface area contributed by atoms with E-state index >= 15 is 0 Å². The smallest absolute Gasteiger partial charge is 0.146 e. The highest BCUT2D eigenvalue weighted by Gasteiger charge is 2.01. The first-order chi connectivity index (χ1) is 7.25. The number of rotatable bonds is 3. The lowest BCUT2D eigenvalue weighted by molar-refractivity contribution is 0.629. The minimum absolute atomic E-state index is 0.216. The zero-order valence-electron chi connectivity index (χ0n) is 8.55. The van der Waals surface area contributed by atoms with Crippen molar-refractivity contribution in [2.75, 3.05) is 5.32 Å². The van der Waals surface area contributed by atoms with Crippen LogP contribution in [0.15, 0.2) is 36.5 Å². The molecule has 0 aliphatic rings. The molecule has 2 rings (SSSR count). The van der Waals surface area contributed by atoms with E-state index in [2.05, 4.69) is 10.3 Å². The van der Waals surface area contributed by atoms with E-state index in [0.29, 0.717) is 12.2 Å². The van der Waals surface area contributed by atoms with Crippen LogP contribution in [-0.4, -0.2) is 4.98 Å². The molecule has 0 amide bonds. The number of aromatic nitrogens is 1. The molecule has 0 bridgehead atoms. The number of anilines is 1. The van der Waals surface area contributed by atoms with Crippen molar-refractivity contribution in [2.24, 2.45) is 0 Å². The van der Waals surface area contributed by atoms with Crippen LogP contribution < -0.4 is 5.32 Å². The summed E-state index contributed by atoms with van der Waals surface area (Å²) in [5.41, 5.74) is 2.63. The molecule has 2 N–H and O–H groups in total. The second kappa shape index (κ2) is 4.17. The molecule has 0 fully saturated rings. The maximum atomic E-state index is 13.3. The molecule has 2 aromatic rings. The Morgan fingerprint density at radius 2 is 2.20 bits per heavy atom. The third-order valence-corrected chi connectivity index (χ3v) is 2.25. The lowest BCUT2D eigenvalue weighted by Gasteiger charge is -2.07. The zero-order chi connectivity index (χ0) is 10.7. The molecule has 0 saturated heterocycles. The first-order valence-electron chi connectivity index (χ1n) is 4.88. The maximum absolute atomic E-state index is 13.3. The number of halogens is 1. The monoisotopic (exact) mass is 204 g/mol. The summed E-state index contributed by atoms with van der Waals surface area (Å²) in [7, 11) is 0. The molecular formula is C12H13FN2. The summed E-state index contributed by atoms with van der Waals surface area (Å²) in [5.74, 6) is -0.216. The normalized spacial score (nSPS) is 10.3. The van der Waals surface area contributed by atoms with Gasteiger partial charge in [-0.25, -0.2) is 4.39 Å². The summed E-state index contributed by atoms with van der Waals surface area (Å²) in [6.07, 6.45) is 1.85. The van der Waals surface area contributed by atoms with Crippen molar-refractivity contribution in [3.05, 3.63) is 53.6 Å². The van der Waals surface area contributed by atoms with Crippen LogP contribution in [0.4, 0.5) is 10.1 Å². The Kier molecular flexibility index (Phi) is 2.72. The molecule has 3 heteroatoms.